The molecule has 0 heterocycles. The summed E-state index contributed by atoms with van der Waals surface area (Å²) in [5.74, 6) is -2.45. The normalized spacial score (nSPS) is 13.6. The second-order valence-electron chi connectivity index (χ2n) is 10.2. The number of nitrogens with one attached hydrogen (secondary N) is 4. The average Bonchev–Trinajstić information content (AvgIpc) is 2.79. The average molecular weight is 521 g/mol. The van der Waals surface area contributed by atoms with E-state index in [1.807, 2.05) is 19.9 Å². The van der Waals surface area contributed by atoms with Crippen molar-refractivity contribution in [2.45, 2.75) is 84.0 Å². The van der Waals surface area contributed by atoms with Crippen LogP contribution in [0.25, 0.3) is 0 Å². The lowest BCUT2D eigenvalue weighted by atomic mass is 10.0. The van der Waals surface area contributed by atoms with E-state index in [1.54, 1.807) is 45.0 Å². The molecule has 0 fully saturated rings. The second kappa shape index (κ2) is 15.5. The maximum absolute atomic E-state index is 13.1. The van der Waals surface area contributed by atoms with E-state index < -0.39 is 47.6 Å². The Morgan fingerprint density at radius 1 is 0.946 bits per heavy atom. The Hall–Kier alpha value is -3.63. The first-order chi connectivity index (χ1) is 17.3. The van der Waals surface area contributed by atoms with Crippen LogP contribution in [-0.2, 0) is 30.3 Å². The highest BCUT2D eigenvalue weighted by Crippen LogP contribution is 2.11. The van der Waals surface area contributed by atoms with Gasteiger partial charge in [-0.2, -0.15) is 0 Å². The van der Waals surface area contributed by atoms with Gasteiger partial charge in [0, 0.05) is 13.0 Å². The van der Waals surface area contributed by atoms with Crippen LogP contribution < -0.4 is 21.3 Å². The van der Waals surface area contributed by atoms with E-state index in [-0.39, 0.29) is 25.2 Å². The molecule has 37 heavy (non-hydrogen) atoms. The number of carbonyl (C=O) groups is 5. The quantitative estimate of drug-likeness (QED) is 0.174. The maximum atomic E-state index is 13.1. The molecule has 206 valence electrons. The lowest BCUT2D eigenvalue weighted by molar-refractivity contribution is -0.142. The van der Waals surface area contributed by atoms with Gasteiger partial charge in [0.2, 0.25) is 18.2 Å². The van der Waals surface area contributed by atoms with Gasteiger partial charge in [0.05, 0.1) is 0 Å². The third kappa shape index (κ3) is 13.3. The van der Waals surface area contributed by atoms with E-state index in [1.165, 1.54) is 0 Å². The molecule has 0 saturated heterocycles. The minimum absolute atomic E-state index is 0.00232. The van der Waals surface area contributed by atoms with Crippen LogP contribution in [0.4, 0.5) is 4.79 Å². The van der Waals surface area contributed by atoms with Crippen molar-refractivity contribution in [3.05, 3.63) is 35.9 Å². The lowest BCUT2D eigenvalue weighted by Gasteiger charge is -2.26. The molecule has 1 aromatic carbocycles. The van der Waals surface area contributed by atoms with Gasteiger partial charge in [0.1, 0.15) is 23.7 Å². The number of carboxylic acid groups (broad SMARTS) is 1. The molecule has 4 amide bonds. The molecule has 1 rings (SSSR count). The number of alkyl carbamates (subject to hydrolysis) is 1. The molecule has 11 nitrogen and oxygen atoms in total. The minimum Gasteiger partial charge on any atom is -0.480 e. The van der Waals surface area contributed by atoms with Crippen molar-refractivity contribution >= 4 is 30.3 Å². The van der Waals surface area contributed by atoms with Gasteiger partial charge in [0.25, 0.3) is 0 Å². The van der Waals surface area contributed by atoms with Crippen LogP contribution in [0.15, 0.2) is 30.3 Å². The molecule has 0 aliphatic heterocycles. The highest BCUT2D eigenvalue weighted by atomic mass is 16.6. The van der Waals surface area contributed by atoms with Crippen molar-refractivity contribution in [1.29, 1.82) is 0 Å². The first-order valence-corrected chi connectivity index (χ1v) is 12.4. The molecular formula is C26H40N4O7. The predicted octanol–water partition coefficient (Wildman–Crippen LogP) is 1.75. The molecule has 5 N–H and O–H groups in total. The number of aliphatic carboxylic acids is 1. The number of rotatable bonds is 15. The first-order valence-electron chi connectivity index (χ1n) is 12.4. The van der Waals surface area contributed by atoms with E-state index in [2.05, 4.69) is 21.3 Å². The maximum Gasteiger partial charge on any atom is 0.408 e. The topological polar surface area (TPSA) is 163 Å². The largest absolute Gasteiger partial charge is 0.480 e. The Kier molecular flexibility index (Phi) is 13.1. The number of hydrogen-bond donors (Lipinski definition) is 5. The summed E-state index contributed by atoms with van der Waals surface area (Å²) in [5.41, 5.74) is -0.0420. The minimum atomic E-state index is -1.20. The summed E-state index contributed by atoms with van der Waals surface area (Å²) >= 11 is 0. The zero-order valence-corrected chi connectivity index (χ0v) is 22.2. The number of carbonyl (C=O) groups excluding carboxylic acids is 4. The van der Waals surface area contributed by atoms with Gasteiger partial charge in [-0.25, -0.2) is 9.59 Å². The fourth-order valence-corrected chi connectivity index (χ4v) is 3.48. The smallest absolute Gasteiger partial charge is 0.408 e. The van der Waals surface area contributed by atoms with Gasteiger partial charge >= 0.3 is 12.1 Å². The first kappa shape index (κ1) is 31.4. The Morgan fingerprint density at radius 2 is 1.54 bits per heavy atom. The van der Waals surface area contributed by atoms with Crippen molar-refractivity contribution in [2.75, 3.05) is 6.54 Å². The van der Waals surface area contributed by atoms with Crippen molar-refractivity contribution in [3.8, 4) is 0 Å². The molecule has 0 aliphatic carbocycles. The van der Waals surface area contributed by atoms with Gasteiger partial charge in [-0.3, -0.25) is 14.4 Å². The van der Waals surface area contributed by atoms with E-state index in [0.717, 1.165) is 5.56 Å². The summed E-state index contributed by atoms with van der Waals surface area (Å²) in [6.07, 6.45) is 0.625. The molecule has 0 saturated carbocycles. The monoisotopic (exact) mass is 520 g/mol. The van der Waals surface area contributed by atoms with Gasteiger partial charge in [-0.15, -0.1) is 0 Å². The molecular weight excluding hydrogens is 480 g/mol. The Labute approximate surface area is 218 Å². The molecule has 1 aromatic rings. The van der Waals surface area contributed by atoms with Crippen molar-refractivity contribution in [1.82, 2.24) is 21.3 Å². The molecule has 0 spiro atoms. The van der Waals surface area contributed by atoms with E-state index in [9.17, 15) is 29.1 Å². The van der Waals surface area contributed by atoms with Gasteiger partial charge in [0.15, 0.2) is 0 Å². The number of benzene rings is 1. The van der Waals surface area contributed by atoms with Crippen LogP contribution in [0.5, 0.6) is 0 Å². The van der Waals surface area contributed by atoms with Crippen molar-refractivity contribution in [3.63, 3.8) is 0 Å². The Balaban J connectivity index is 2.99. The fraction of sp³-hybridized carbons (Fsp3) is 0.577. The van der Waals surface area contributed by atoms with Crippen LogP contribution >= 0.6 is 0 Å². The fourth-order valence-electron chi connectivity index (χ4n) is 3.48. The molecule has 0 bridgehead atoms. The van der Waals surface area contributed by atoms with Crippen LogP contribution in [0, 0.1) is 5.92 Å². The number of amides is 4. The summed E-state index contributed by atoms with van der Waals surface area (Å²) < 4.78 is 5.25. The van der Waals surface area contributed by atoms with Crippen molar-refractivity contribution < 1.29 is 33.8 Å². The zero-order chi connectivity index (χ0) is 28.0. The van der Waals surface area contributed by atoms with Gasteiger partial charge < -0.3 is 31.1 Å². The summed E-state index contributed by atoms with van der Waals surface area (Å²) in [6.45, 7) is 9.09. The number of carboxylic acids is 1. The van der Waals surface area contributed by atoms with E-state index in [4.69, 9.17) is 4.74 Å². The summed E-state index contributed by atoms with van der Waals surface area (Å²) in [6, 6.07) is 5.64. The van der Waals surface area contributed by atoms with Crippen LogP contribution in [0.1, 0.15) is 59.4 Å². The molecule has 0 aromatic heterocycles. The number of ether oxygens (including phenoxy) is 1. The summed E-state index contributed by atoms with van der Waals surface area (Å²) in [7, 11) is 0. The Morgan fingerprint density at radius 3 is 2.08 bits per heavy atom. The van der Waals surface area contributed by atoms with E-state index in [0.29, 0.717) is 19.4 Å². The SMILES string of the molecule is CC(C)CC(NC(=O)C(CCCNC=O)NC(=O)OC(C)(C)C)C(=O)NC(Cc1ccccc1)C(=O)O. The van der Waals surface area contributed by atoms with Crippen LogP contribution in [-0.4, -0.2) is 65.7 Å². The molecule has 3 unspecified atom stereocenters. The van der Waals surface area contributed by atoms with Gasteiger partial charge in [-0.05, 0) is 51.5 Å². The summed E-state index contributed by atoms with van der Waals surface area (Å²) in [4.78, 5) is 60.9. The standard InChI is InChI=1S/C26H40N4O7/c1-17(2)14-20(23(33)29-21(24(34)35)15-18-10-7-6-8-11-18)28-22(32)19(12-9-13-27-16-31)30-25(36)37-26(3,4)5/h6-8,10-11,16-17,19-21H,9,12-15H2,1-5H3,(H,27,31)(H,28,32)(H,29,33)(H,30,36)(H,34,35). The van der Waals surface area contributed by atoms with Crippen molar-refractivity contribution in [2.24, 2.45) is 5.92 Å². The van der Waals surface area contributed by atoms with Crippen LogP contribution in [0.2, 0.25) is 0 Å². The molecule has 0 aliphatic rings. The predicted molar refractivity (Wildman–Crippen MR) is 138 cm³/mol. The third-order valence-electron chi connectivity index (χ3n) is 5.14. The highest BCUT2D eigenvalue weighted by molar-refractivity contribution is 5.93. The van der Waals surface area contributed by atoms with Gasteiger partial charge in [-0.1, -0.05) is 44.2 Å². The Bertz CT molecular complexity index is 900. The van der Waals surface area contributed by atoms with E-state index >= 15 is 0 Å². The zero-order valence-electron chi connectivity index (χ0n) is 22.2. The highest BCUT2D eigenvalue weighted by Gasteiger charge is 2.31. The summed E-state index contributed by atoms with van der Waals surface area (Å²) in [5, 5.41) is 19.9. The second-order valence-corrected chi connectivity index (χ2v) is 10.2. The van der Waals surface area contributed by atoms with Crippen LogP contribution in [0.3, 0.4) is 0 Å². The lowest BCUT2D eigenvalue weighted by Crippen LogP contribution is -2.56. The third-order valence-corrected chi connectivity index (χ3v) is 5.14. The molecule has 3 atom stereocenters. The molecule has 0 radical (unpaired) electrons. The molecule has 11 heteroatoms. The number of hydrogen-bond acceptors (Lipinski definition) is 6.